The van der Waals surface area contributed by atoms with Crippen molar-refractivity contribution in [2.45, 2.75) is 31.3 Å². The van der Waals surface area contributed by atoms with Gasteiger partial charge in [0.05, 0.1) is 17.1 Å². The Hall–Kier alpha value is -2.59. The zero-order valence-electron chi connectivity index (χ0n) is 13.4. The van der Waals surface area contributed by atoms with Gasteiger partial charge >= 0.3 is 0 Å². The van der Waals surface area contributed by atoms with Crippen LogP contribution in [0.5, 0.6) is 5.75 Å². The van der Waals surface area contributed by atoms with Crippen LogP contribution in [-0.2, 0) is 5.41 Å². The maximum Gasteiger partial charge on any atom is 0.153 e. The van der Waals surface area contributed by atoms with Crippen molar-refractivity contribution in [1.82, 2.24) is 5.16 Å². The number of phenolic OH excluding ortho intramolecular Hbond substituents is 1. The van der Waals surface area contributed by atoms with Crippen molar-refractivity contribution in [3.63, 3.8) is 0 Å². The smallest absolute Gasteiger partial charge is 0.153 e. The lowest BCUT2D eigenvalue weighted by atomic mass is 9.89. The number of nitrogens with zero attached hydrogens (tertiary/aromatic N) is 1. The first-order chi connectivity index (χ1) is 11.6. The molecule has 0 spiro atoms. The summed E-state index contributed by atoms with van der Waals surface area (Å²) in [7, 11) is 0. The molecule has 0 radical (unpaired) electrons. The number of hydrogen-bond donors (Lipinski definition) is 2. The molecule has 1 heterocycles. The molecule has 1 unspecified atom stereocenters. The molecule has 0 amide bonds. The molecule has 4 heteroatoms. The van der Waals surface area contributed by atoms with Gasteiger partial charge < -0.3 is 14.7 Å². The topological polar surface area (TPSA) is 66.5 Å². The highest BCUT2D eigenvalue weighted by Crippen LogP contribution is 2.55. The minimum atomic E-state index is -0.486. The second-order valence-electron chi connectivity index (χ2n) is 6.48. The summed E-state index contributed by atoms with van der Waals surface area (Å²) < 4.78 is 5.75. The fourth-order valence-electron chi connectivity index (χ4n) is 3.29. The van der Waals surface area contributed by atoms with Crippen LogP contribution in [0.2, 0.25) is 0 Å². The van der Waals surface area contributed by atoms with E-state index < -0.39 is 6.10 Å². The van der Waals surface area contributed by atoms with Gasteiger partial charge in [0.1, 0.15) is 11.4 Å². The van der Waals surface area contributed by atoms with Gasteiger partial charge in [-0.05, 0) is 49.6 Å². The van der Waals surface area contributed by atoms with E-state index in [1.54, 1.807) is 12.1 Å². The Bertz CT molecular complexity index is 846. The standard InChI is InChI=1S/C20H19NO3/c1-13(22)20(11-12-20)19-17(14-5-3-2-4-6-14)18(21-24-19)15-7-9-16(23)10-8-15/h2-10,13,22-23H,11-12H2,1H3. The monoisotopic (exact) mass is 321 g/mol. The van der Waals surface area contributed by atoms with E-state index in [1.165, 1.54) is 0 Å². The summed E-state index contributed by atoms with van der Waals surface area (Å²) >= 11 is 0. The lowest BCUT2D eigenvalue weighted by molar-refractivity contribution is 0.134. The minimum Gasteiger partial charge on any atom is -0.508 e. The van der Waals surface area contributed by atoms with E-state index in [0.29, 0.717) is 0 Å². The second kappa shape index (κ2) is 5.49. The van der Waals surface area contributed by atoms with Crippen molar-refractivity contribution in [3.8, 4) is 28.1 Å². The molecule has 1 saturated carbocycles. The van der Waals surface area contributed by atoms with E-state index >= 15 is 0 Å². The molecule has 0 saturated heterocycles. The van der Waals surface area contributed by atoms with Crippen molar-refractivity contribution >= 4 is 0 Å². The molecule has 1 fully saturated rings. The van der Waals surface area contributed by atoms with Gasteiger partial charge in [0.25, 0.3) is 0 Å². The van der Waals surface area contributed by atoms with Crippen molar-refractivity contribution in [1.29, 1.82) is 0 Å². The van der Waals surface area contributed by atoms with Crippen LogP contribution in [0.1, 0.15) is 25.5 Å². The number of aliphatic hydroxyl groups excluding tert-OH is 1. The molecule has 1 aromatic heterocycles. The van der Waals surface area contributed by atoms with E-state index in [4.69, 9.17) is 4.52 Å². The van der Waals surface area contributed by atoms with Gasteiger partial charge in [-0.3, -0.25) is 0 Å². The van der Waals surface area contributed by atoms with Crippen LogP contribution in [0, 0.1) is 0 Å². The summed E-state index contributed by atoms with van der Waals surface area (Å²) in [6.07, 6.45) is 1.31. The molecule has 1 aliphatic rings. The zero-order valence-corrected chi connectivity index (χ0v) is 13.4. The van der Waals surface area contributed by atoms with Gasteiger partial charge in [-0.15, -0.1) is 0 Å². The summed E-state index contributed by atoms with van der Waals surface area (Å²) in [5.74, 6) is 0.971. The van der Waals surface area contributed by atoms with Gasteiger partial charge in [-0.1, -0.05) is 35.5 Å². The first-order valence-corrected chi connectivity index (χ1v) is 8.15. The minimum absolute atomic E-state index is 0.214. The van der Waals surface area contributed by atoms with E-state index in [9.17, 15) is 10.2 Å². The molecule has 4 nitrogen and oxygen atoms in total. The van der Waals surface area contributed by atoms with Crippen molar-refractivity contribution in [2.75, 3.05) is 0 Å². The van der Waals surface area contributed by atoms with Crippen LogP contribution in [0.25, 0.3) is 22.4 Å². The zero-order chi connectivity index (χ0) is 16.7. The van der Waals surface area contributed by atoms with Gasteiger partial charge in [-0.25, -0.2) is 0 Å². The van der Waals surface area contributed by atoms with Gasteiger partial charge in [-0.2, -0.15) is 0 Å². The number of hydrogen-bond acceptors (Lipinski definition) is 4. The van der Waals surface area contributed by atoms with Crippen molar-refractivity contribution in [3.05, 3.63) is 60.4 Å². The fourth-order valence-corrected chi connectivity index (χ4v) is 3.29. The van der Waals surface area contributed by atoms with Crippen LogP contribution in [0.4, 0.5) is 0 Å². The summed E-state index contributed by atoms with van der Waals surface area (Å²) in [6, 6.07) is 16.9. The summed E-state index contributed by atoms with van der Waals surface area (Å²) in [4.78, 5) is 0. The van der Waals surface area contributed by atoms with Crippen LogP contribution in [0.3, 0.4) is 0 Å². The summed E-state index contributed by atoms with van der Waals surface area (Å²) in [5, 5.41) is 24.1. The third kappa shape index (κ3) is 2.31. The molecule has 2 N–H and O–H groups in total. The molecular formula is C20H19NO3. The van der Waals surface area contributed by atoms with E-state index in [1.807, 2.05) is 49.4 Å². The van der Waals surface area contributed by atoms with Gasteiger partial charge in [0.2, 0.25) is 0 Å². The van der Waals surface area contributed by atoms with Crippen LogP contribution in [-0.4, -0.2) is 21.5 Å². The molecule has 0 aliphatic heterocycles. The maximum atomic E-state index is 10.3. The number of phenols is 1. The lowest BCUT2D eigenvalue weighted by Gasteiger charge is -2.17. The normalized spacial score (nSPS) is 16.8. The molecule has 1 aliphatic carbocycles. The van der Waals surface area contributed by atoms with Crippen LogP contribution >= 0.6 is 0 Å². The summed E-state index contributed by atoms with van der Waals surface area (Å²) in [5.41, 5.74) is 3.22. The Labute approximate surface area is 140 Å². The number of benzene rings is 2. The molecular weight excluding hydrogens is 302 g/mol. The van der Waals surface area contributed by atoms with Crippen LogP contribution in [0.15, 0.2) is 59.1 Å². The van der Waals surface area contributed by atoms with E-state index in [0.717, 1.165) is 41.0 Å². The third-order valence-electron chi connectivity index (χ3n) is 4.94. The highest BCUT2D eigenvalue weighted by atomic mass is 16.5. The SMILES string of the molecule is CC(O)C1(c2onc(-c3ccc(O)cc3)c2-c2ccccc2)CC1. The van der Waals surface area contributed by atoms with Gasteiger partial charge in [0.15, 0.2) is 5.76 Å². The molecule has 2 aromatic carbocycles. The highest BCUT2D eigenvalue weighted by molar-refractivity contribution is 5.83. The largest absolute Gasteiger partial charge is 0.508 e. The first-order valence-electron chi connectivity index (χ1n) is 8.15. The molecule has 122 valence electrons. The summed E-state index contributed by atoms with van der Waals surface area (Å²) in [6.45, 7) is 1.81. The number of rotatable bonds is 4. The molecule has 24 heavy (non-hydrogen) atoms. The highest BCUT2D eigenvalue weighted by Gasteiger charge is 2.53. The Morgan fingerprint density at radius 1 is 1.00 bits per heavy atom. The van der Waals surface area contributed by atoms with Crippen LogP contribution < -0.4 is 0 Å². The average Bonchev–Trinajstić information content (AvgIpc) is 3.30. The van der Waals surface area contributed by atoms with Crippen molar-refractivity contribution < 1.29 is 14.7 Å². The Morgan fingerprint density at radius 2 is 1.67 bits per heavy atom. The Morgan fingerprint density at radius 3 is 2.25 bits per heavy atom. The molecule has 1 atom stereocenters. The molecule has 0 bridgehead atoms. The quantitative estimate of drug-likeness (QED) is 0.758. The lowest BCUT2D eigenvalue weighted by Crippen LogP contribution is -2.22. The number of aromatic nitrogens is 1. The van der Waals surface area contributed by atoms with Gasteiger partial charge in [0, 0.05) is 5.56 Å². The average molecular weight is 321 g/mol. The fraction of sp³-hybridized carbons (Fsp3) is 0.250. The predicted octanol–water partition coefficient (Wildman–Crippen LogP) is 4.13. The predicted molar refractivity (Wildman–Crippen MR) is 91.6 cm³/mol. The maximum absolute atomic E-state index is 10.3. The van der Waals surface area contributed by atoms with Crippen molar-refractivity contribution in [2.24, 2.45) is 0 Å². The van der Waals surface area contributed by atoms with E-state index in [2.05, 4.69) is 5.16 Å². The van der Waals surface area contributed by atoms with E-state index in [-0.39, 0.29) is 11.2 Å². The third-order valence-corrected chi connectivity index (χ3v) is 4.94. The Kier molecular flexibility index (Phi) is 3.43. The number of aromatic hydroxyl groups is 1. The molecule has 3 aromatic rings. The number of aliphatic hydroxyl groups is 1. The first kappa shape index (κ1) is 15.0. The Balaban J connectivity index is 1.92. The second-order valence-corrected chi connectivity index (χ2v) is 6.48. The molecule has 4 rings (SSSR count).